The fourth-order valence-corrected chi connectivity index (χ4v) is 3.66. The lowest BCUT2D eigenvalue weighted by Crippen LogP contribution is -2.25. The van der Waals surface area contributed by atoms with Crippen LogP contribution in [0.1, 0.15) is 16.8 Å². The number of carbonyl (C=O) groups excluding carboxylic acids is 1. The summed E-state index contributed by atoms with van der Waals surface area (Å²) in [5.74, 6) is -0.428. The topological polar surface area (TPSA) is 63.7 Å². The lowest BCUT2D eigenvalue weighted by atomic mass is 10.2. The molecule has 1 saturated heterocycles. The van der Waals surface area contributed by atoms with Crippen LogP contribution in [-0.4, -0.2) is 33.8 Å². The van der Waals surface area contributed by atoms with Crippen LogP contribution in [0, 0.1) is 0 Å². The summed E-state index contributed by atoms with van der Waals surface area (Å²) >= 11 is 5.89. The lowest BCUT2D eigenvalue weighted by Gasteiger charge is -2.17. The Hall–Kier alpha value is -1.27. The Morgan fingerprint density at radius 2 is 2.11 bits per heavy atom. The van der Waals surface area contributed by atoms with Gasteiger partial charge in [0.15, 0.2) is 0 Å². The number of halogens is 1. The highest BCUT2D eigenvalue weighted by atomic mass is 35.5. The average Bonchev–Trinajstić information content (AvgIpc) is 2.67. The number of methoxy groups -OCH3 is 1. The van der Waals surface area contributed by atoms with E-state index in [0.717, 1.165) is 0 Å². The molecule has 5 nitrogen and oxygen atoms in total. The molecular weight excluding hydrogens is 278 g/mol. The summed E-state index contributed by atoms with van der Waals surface area (Å²) < 4.78 is 29.4. The summed E-state index contributed by atoms with van der Waals surface area (Å²) in [6.45, 7) is 0.406. The van der Waals surface area contributed by atoms with Gasteiger partial charge in [-0.25, -0.2) is 13.2 Å². The van der Waals surface area contributed by atoms with Crippen LogP contribution in [0.3, 0.4) is 0 Å². The summed E-state index contributed by atoms with van der Waals surface area (Å²) in [5.41, 5.74) is 0.641. The Bertz CT molecular complexity index is 585. The number of hydrogen-bond donors (Lipinski definition) is 0. The molecule has 7 heteroatoms. The van der Waals surface area contributed by atoms with Crippen LogP contribution < -0.4 is 4.31 Å². The maximum atomic E-state index is 11.8. The fraction of sp³-hybridized carbons (Fsp3) is 0.364. The number of hydrogen-bond acceptors (Lipinski definition) is 4. The van der Waals surface area contributed by atoms with Crippen LogP contribution >= 0.6 is 11.6 Å². The standard InChI is InChI=1S/C11H12ClNO4S/c1-17-11(14)8-5-9(12)7-10(6-8)13-3-2-4-18(13,15)16/h5-7H,2-4H2,1H3. The molecule has 0 saturated carbocycles. The van der Waals surface area contributed by atoms with Gasteiger partial charge in [0.2, 0.25) is 10.0 Å². The first-order chi connectivity index (χ1) is 8.44. The second-order valence-electron chi connectivity index (χ2n) is 3.93. The highest BCUT2D eigenvalue weighted by molar-refractivity contribution is 7.93. The quantitative estimate of drug-likeness (QED) is 0.777. The van der Waals surface area contributed by atoms with Gasteiger partial charge in [-0.15, -0.1) is 0 Å². The number of ether oxygens (including phenoxy) is 1. The molecule has 2 rings (SSSR count). The SMILES string of the molecule is COC(=O)c1cc(Cl)cc(N2CCCS2(=O)=O)c1. The minimum Gasteiger partial charge on any atom is -0.465 e. The Labute approximate surface area is 110 Å². The van der Waals surface area contributed by atoms with Crippen molar-refractivity contribution in [2.75, 3.05) is 23.7 Å². The molecule has 0 spiro atoms. The zero-order valence-corrected chi connectivity index (χ0v) is 11.3. The van der Waals surface area contributed by atoms with Crippen molar-refractivity contribution >= 4 is 33.3 Å². The smallest absolute Gasteiger partial charge is 0.337 e. The van der Waals surface area contributed by atoms with E-state index in [1.807, 2.05) is 0 Å². The number of nitrogens with zero attached hydrogens (tertiary/aromatic N) is 1. The zero-order valence-electron chi connectivity index (χ0n) is 9.72. The van der Waals surface area contributed by atoms with Crippen LogP contribution in [0.25, 0.3) is 0 Å². The zero-order chi connectivity index (χ0) is 13.3. The fourth-order valence-electron chi connectivity index (χ4n) is 1.88. The molecule has 0 amide bonds. The van der Waals surface area contributed by atoms with E-state index in [2.05, 4.69) is 4.74 Å². The van der Waals surface area contributed by atoms with Gasteiger partial charge in [0, 0.05) is 11.6 Å². The molecule has 1 aliphatic rings. The largest absolute Gasteiger partial charge is 0.465 e. The van der Waals surface area contributed by atoms with Crippen LogP contribution in [0.4, 0.5) is 5.69 Å². The number of esters is 1. The normalized spacial score (nSPS) is 17.8. The van der Waals surface area contributed by atoms with Gasteiger partial charge >= 0.3 is 5.97 Å². The van der Waals surface area contributed by atoms with Crippen LogP contribution in [0.15, 0.2) is 18.2 Å². The van der Waals surface area contributed by atoms with Crippen molar-refractivity contribution in [3.8, 4) is 0 Å². The lowest BCUT2D eigenvalue weighted by molar-refractivity contribution is 0.0600. The van der Waals surface area contributed by atoms with Crippen molar-refractivity contribution in [3.63, 3.8) is 0 Å². The average molecular weight is 290 g/mol. The first kappa shape index (κ1) is 13.2. The van der Waals surface area contributed by atoms with Crippen molar-refractivity contribution in [2.45, 2.75) is 6.42 Å². The molecule has 1 fully saturated rings. The number of carbonyl (C=O) groups is 1. The van der Waals surface area contributed by atoms with E-state index < -0.39 is 16.0 Å². The summed E-state index contributed by atoms with van der Waals surface area (Å²) in [7, 11) is -2.02. The number of benzene rings is 1. The Balaban J connectivity index is 2.46. The van der Waals surface area contributed by atoms with Gasteiger partial charge in [0.25, 0.3) is 0 Å². The molecule has 0 atom stereocenters. The molecule has 0 bridgehead atoms. The van der Waals surface area contributed by atoms with Gasteiger partial charge < -0.3 is 4.74 Å². The van der Waals surface area contributed by atoms with E-state index in [0.29, 0.717) is 23.7 Å². The van der Waals surface area contributed by atoms with E-state index in [1.54, 1.807) is 0 Å². The second-order valence-corrected chi connectivity index (χ2v) is 6.38. The van der Waals surface area contributed by atoms with E-state index in [4.69, 9.17) is 11.6 Å². The van der Waals surface area contributed by atoms with E-state index >= 15 is 0 Å². The van der Waals surface area contributed by atoms with E-state index in [-0.39, 0.29) is 11.3 Å². The predicted molar refractivity (Wildman–Crippen MR) is 68.5 cm³/mol. The van der Waals surface area contributed by atoms with Crippen molar-refractivity contribution in [3.05, 3.63) is 28.8 Å². The highest BCUT2D eigenvalue weighted by Gasteiger charge is 2.29. The van der Waals surface area contributed by atoms with Gasteiger partial charge in [0.1, 0.15) is 0 Å². The first-order valence-corrected chi connectivity index (χ1v) is 7.32. The van der Waals surface area contributed by atoms with Crippen LogP contribution in [0.5, 0.6) is 0 Å². The molecule has 1 heterocycles. The van der Waals surface area contributed by atoms with Gasteiger partial charge in [-0.1, -0.05) is 11.6 Å². The minimum absolute atomic E-state index is 0.118. The molecule has 1 aromatic rings. The first-order valence-electron chi connectivity index (χ1n) is 5.33. The molecule has 1 aromatic carbocycles. The van der Waals surface area contributed by atoms with Gasteiger partial charge in [-0.05, 0) is 24.6 Å². The number of anilines is 1. The molecule has 1 aliphatic heterocycles. The third kappa shape index (κ3) is 2.44. The summed E-state index contributed by atoms with van der Waals surface area (Å²) in [6, 6.07) is 4.44. The molecule has 18 heavy (non-hydrogen) atoms. The van der Waals surface area contributed by atoms with Crippen molar-refractivity contribution in [2.24, 2.45) is 0 Å². The Morgan fingerprint density at radius 1 is 1.39 bits per heavy atom. The van der Waals surface area contributed by atoms with Crippen LogP contribution in [0.2, 0.25) is 5.02 Å². The van der Waals surface area contributed by atoms with Crippen molar-refractivity contribution in [1.82, 2.24) is 0 Å². The maximum Gasteiger partial charge on any atom is 0.337 e. The van der Waals surface area contributed by atoms with Gasteiger partial charge in [-0.2, -0.15) is 0 Å². The second kappa shape index (κ2) is 4.78. The molecule has 0 unspecified atom stereocenters. The van der Waals surface area contributed by atoms with Crippen LogP contribution in [-0.2, 0) is 14.8 Å². The Morgan fingerprint density at radius 3 is 2.67 bits per heavy atom. The van der Waals surface area contributed by atoms with Crippen molar-refractivity contribution in [1.29, 1.82) is 0 Å². The Kier molecular flexibility index (Phi) is 3.49. The van der Waals surface area contributed by atoms with Gasteiger partial charge in [0.05, 0.1) is 24.1 Å². The number of sulfonamides is 1. The minimum atomic E-state index is -3.28. The summed E-state index contributed by atoms with van der Waals surface area (Å²) in [4.78, 5) is 11.4. The van der Waals surface area contributed by atoms with E-state index in [1.165, 1.54) is 29.6 Å². The molecule has 0 radical (unpaired) electrons. The third-order valence-electron chi connectivity index (χ3n) is 2.69. The summed E-state index contributed by atoms with van der Waals surface area (Å²) in [6.07, 6.45) is 0.572. The molecule has 0 aromatic heterocycles. The molecule has 0 N–H and O–H groups in total. The highest BCUT2D eigenvalue weighted by Crippen LogP contribution is 2.28. The summed E-state index contributed by atoms with van der Waals surface area (Å²) in [5, 5.41) is 0.301. The monoisotopic (exact) mass is 289 g/mol. The maximum absolute atomic E-state index is 11.8. The number of rotatable bonds is 2. The molecule has 98 valence electrons. The third-order valence-corrected chi connectivity index (χ3v) is 4.78. The molecule has 0 aliphatic carbocycles. The van der Waals surface area contributed by atoms with E-state index in [9.17, 15) is 13.2 Å². The van der Waals surface area contributed by atoms with Crippen molar-refractivity contribution < 1.29 is 17.9 Å². The predicted octanol–water partition coefficient (Wildman–Crippen LogP) is 1.67. The molecular formula is C11H12ClNO4S. The van der Waals surface area contributed by atoms with Gasteiger partial charge in [-0.3, -0.25) is 4.31 Å².